The number of alkyl halides is 6. The number of thiocarbonyl (C=S) groups is 1. The maximum absolute atomic E-state index is 12.5. The van der Waals surface area contributed by atoms with Crippen LogP contribution in [0.2, 0.25) is 0 Å². The van der Waals surface area contributed by atoms with Gasteiger partial charge in [-0.2, -0.15) is 26.3 Å². The summed E-state index contributed by atoms with van der Waals surface area (Å²) in [5.41, 5.74) is 3.50. The Morgan fingerprint density at radius 3 is 2.20 bits per heavy atom. The first kappa shape index (κ1) is 16.5. The van der Waals surface area contributed by atoms with E-state index in [1.807, 2.05) is 0 Å². The molecule has 1 aromatic heterocycles. The molecular formula is C10H8F6N2OS. The van der Waals surface area contributed by atoms with E-state index in [2.05, 4.69) is 21.9 Å². The molecule has 3 nitrogen and oxygen atoms in total. The predicted octanol–water partition coefficient (Wildman–Crippen LogP) is 3.06. The summed E-state index contributed by atoms with van der Waals surface area (Å²) in [6.07, 6.45) is -11.9. The van der Waals surface area contributed by atoms with E-state index in [-0.39, 0.29) is 5.56 Å². The molecule has 0 aliphatic rings. The predicted molar refractivity (Wildman–Crippen MR) is 61.3 cm³/mol. The SMILES string of the molecule is CC(Oc1nc(C(F)(F)F)ccc1C(N)=S)C(F)(F)F. The highest BCUT2D eigenvalue weighted by Crippen LogP contribution is 2.32. The molecule has 1 aromatic rings. The van der Waals surface area contributed by atoms with Crippen molar-refractivity contribution in [2.75, 3.05) is 0 Å². The molecule has 1 heterocycles. The minimum atomic E-state index is -4.83. The fraction of sp³-hybridized carbons (Fsp3) is 0.400. The summed E-state index contributed by atoms with van der Waals surface area (Å²) in [5, 5.41) is 0. The van der Waals surface area contributed by atoms with Crippen molar-refractivity contribution in [1.29, 1.82) is 0 Å². The number of hydrogen-bond donors (Lipinski definition) is 1. The van der Waals surface area contributed by atoms with Crippen LogP contribution in [0.3, 0.4) is 0 Å². The lowest BCUT2D eigenvalue weighted by atomic mass is 10.2. The smallest absolute Gasteiger partial charge is 0.433 e. The zero-order valence-corrected chi connectivity index (χ0v) is 10.7. The molecule has 0 saturated heterocycles. The zero-order chi connectivity index (χ0) is 15.7. The average Bonchev–Trinajstić information content (AvgIpc) is 2.25. The third-order valence-electron chi connectivity index (χ3n) is 2.17. The lowest BCUT2D eigenvalue weighted by Gasteiger charge is -2.19. The highest BCUT2D eigenvalue weighted by molar-refractivity contribution is 7.80. The van der Waals surface area contributed by atoms with Crippen molar-refractivity contribution in [1.82, 2.24) is 4.98 Å². The standard InChI is InChI=1S/C10H8F6N2OS/c1-4(9(11,12)13)19-8-5(7(17)20)2-3-6(18-8)10(14,15)16/h2-4H,1H3,(H2,17,20). The van der Waals surface area contributed by atoms with E-state index in [0.717, 1.165) is 6.07 Å². The second-order valence-corrected chi connectivity index (χ2v) is 4.15. The van der Waals surface area contributed by atoms with Gasteiger partial charge in [-0.25, -0.2) is 4.98 Å². The van der Waals surface area contributed by atoms with Crippen LogP contribution < -0.4 is 10.5 Å². The number of rotatable bonds is 3. The van der Waals surface area contributed by atoms with Crippen molar-refractivity contribution in [3.8, 4) is 5.88 Å². The topological polar surface area (TPSA) is 48.1 Å². The van der Waals surface area contributed by atoms with Gasteiger partial charge in [0.15, 0.2) is 6.10 Å². The van der Waals surface area contributed by atoms with Gasteiger partial charge in [-0.05, 0) is 19.1 Å². The van der Waals surface area contributed by atoms with Gasteiger partial charge in [-0.3, -0.25) is 0 Å². The van der Waals surface area contributed by atoms with Crippen LogP contribution in [0.1, 0.15) is 18.2 Å². The zero-order valence-electron chi connectivity index (χ0n) is 9.84. The van der Waals surface area contributed by atoms with Crippen LogP contribution in [0.4, 0.5) is 26.3 Å². The van der Waals surface area contributed by atoms with E-state index in [4.69, 9.17) is 5.73 Å². The van der Waals surface area contributed by atoms with Gasteiger partial charge >= 0.3 is 12.4 Å². The van der Waals surface area contributed by atoms with Crippen LogP contribution in [-0.4, -0.2) is 22.3 Å². The first-order valence-corrected chi connectivity index (χ1v) is 5.45. The Hall–Kier alpha value is -1.58. The maximum Gasteiger partial charge on any atom is 0.433 e. The molecule has 0 bridgehead atoms. The quantitative estimate of drug-likeness (QED) is 0.687. The second kappa shape index (κ2) is 5.43. The number of nitrogens with two attached hydrogens (primary N) is 1. The molecule has 10 heteroatoms. The van der Waals surface area contributed by atoms with Crippen LogP contribution >= 0.6 is 12.2 Å². The van der Waals surface area contributed by atoms with E-state index in [9.17, 15) is 26.3 Å². The second-order valence-electron chi connectivity index (χ2n) is 3.71. The summed E-state index contributed by atoms with van der Waals surface area (Å²) in [6.45, 7) is 0.630. The Bertz CT molecular complexity index is 513. The third-order valence-corrected chi connectivity index (χ3v) is 2.39. The van der Waals surface area contributed by atoms with Crippen LogP contribution in [0.25, 0.3) is 0 Å². The molecule has 0 spiro atoms. The van der Waals surface area contributed by atoms with Gasteiger partial charge in [0.25, 0.3) is 0 Å². The molecule has 0 aromatic carbocycles. The Morgan fingerprint density at radius 1 is 1.25 bits per heavy atom. The summed E-state index contributed by atoms with van der Waals surface area (Å²) in [5.74, 6) is -0.905. The van der Waals surface area contributed by atoms with Gasteiger partial charge in [-0.15, -0.1) is 0 Å². The highest BCUT2D eigenvalue weighted by atomic mass is 32.1. The lowest BCUT2D eigenvalue weighted by molar-refractivity contribution is -0.190. The molecule has 112 valence electrons. The molecule has 0 amide bonds. The summed E-state index contributed by atoms with van der Waals surface area (Å²) < 4.78 is 78.9. The van der Waals surface area contributed by atoms with Crippen molar-refractivity contribution in [3.63, 3.8) is 0 Å². The fourth-order valence-electron chi connectivity index (χ4n) is 1.11. The molecule has 0 aliphatic carbocycles. The van der Waals surface area contributed by atoms with Crippen molar-refractivity contribution in [2.45, 2.75) is 25.4 Å². The Morgan fingerprint density at radius 2 is 1.80 bits per heavy atom. The Balaban J connectivity index is 3.23. The number of aromatic nitrogens is 1. The molecule has 2 N–H and O–H groups in total. The molecule has 0 saturated carbocycles. The first-order valence-electron chi connectivity index (χ1n) is 5.04. The average molecular weight is 318 g/mol. The van der Waals surface area contributed by atoms with E-state index in [0.29, 0.717) is 13.0 Å². The summed E-state index contributed by atoms with van der Waals surface area (Å²) in [6, 6.07) is 1.37. The van der Waals surface area contributed by atoms with Gasteiger partial charge in [0.1, 0.15) is 10.7 Å². The molecule has 20 heavy (non-hydrogen) atoms. The van der Waals surface area contributed by atoms with Gasteiger partial charge in [-0.1, -0.05) is 12.2 Å². The van der Waals surface area contributed by atoms with Gasteiger partial charge in [0.05, 0.1) is 5.56 Å². The maximum atomic E-state index is 12.5. The molecule has 0 aliphatic heterocycles. The molecule has 1 rings (SSSR count). The Labute approximate surface area is 114 Å². The summed E-state index contributed by atoms with van der Waals surface area (Å²) in [7, 11) is 0. The summed E-state index contributed by atoms with van der Waals surface area (Å²) >= 11 is 4.53. The Kier molecular flexibility index (Phi) is 4.47. The highest BCUT2D eigenvalue weighted by Gasteiger charge is 2.39. The van der Waals surface area contributed by atoms with Gasteiger partial charge in [0.2, 0.25) is 5.88 Å². The van der Waals surface area contributed by atoms with Crippen LogP contribution in [0, 0.1) is 0 Å². The fourth-order valence-corrected chi connectivity index (χ4v) is 1.27. The number of ether oxygens (including phenoxy) is 1. The van der Waals surface area contributed by atoms with Crippen LogP contribution in [0.15, 0.2) is 12.1 Å². The lowest BCUT2D eigenvalue weighted by Crippen LogP contribution is -2.32. The molecule has 1 unspecified atom stereocenters. The van der Waals surface area contributed by atoms with Crippen LogP contribution in [-0.2, 0) is 6.18 Å². The van der Waals surface area contributed by atoms with E-state index >= 15 is 0 Å². The minimum absolute atomic E-state index is 0.302. The van der Waals surface area contributed by atoms with Crippen molar-refractivity contribution >= 4 is 17.2 Å². The van der Waals surface area contributed by atoms with Crippen molar-refractivity contribution in [2.24, 2.45) is 5.73 Å². The molecular weight excluding hydrogens is 310 g/mol. The van der Waals surface area contributed by atoms with Crippen LogP contribution in [0.5, 0.6) is 5.88 Å². The minimum Gasteiger partial charge on any atom is -0.464 e. The van der Waals surface area contributed by atoms with E-state index < -0.39 is 35.0 Å². The van der Waals surface area contributed by atoms with Gasteiger partial charge < -0.3 is 10.5 Å². The summed E-state index contributed by atoms with van der Waals surface area (Å²) in [4.78, 5) is 2.58. The monoisotopic (exact) mass is 318 g/mol. The largest absolute Gasteiger partial charge is 0.464 e. The van der Waals surface area contributed by atoms with Crippen molar-refractivity contribution in [3.05, 3.63) is 23.4 Å². The van der Waals surface area contributed by atoms with Crippen molar-refractivity contribution < 1.29 is 31.1 Å². The molecule has 0 radical (unpaired) electrons. The normalized spacial score (nSPS) is 13.9. The number of halogens is 6. The third kappa shape index (κ3) is 3.95. The molecule has 0 fully saturated rings. The van der Waals surface area contributed by atoms with Gasteiger partial charge in [0, 0.05) is 0 Å². The number of pyridine rings is 1. The van der Waals surface area contributed by atoms with E-state index in [1.54, 1.807) is 0 Å². The van der Waals surface area contributed by atoms with E-state index in [1.165, 1.54) is 0 Å². The molecule has 1 atom stereocenters. The first-order chi connectivity index (χ1) is 8.93. The number of nitrogens with zero attached hydrogens (tertiary/aromatic N) is 1. The number of hydrogen-bond acceptors (Lipinski definition) is 3.